The molecule has 11 heteroatoms. The average molecular weight is 570 g/mol. The molecule has 6 rings (SSSR count). The summed E-state index contributed by atoms with van der Waals surface area (Å²) < 4.78 is 18.4. The maximum atomic E-state index is 13.3. The van der Waals surface area contributed by atoms with Gasteiger partial charge in [0.25, 0.3) is 0 Å². The Morgan fingerprint density at radius 2 is 1.86 bits per heavy atom. The second-order valence-corrected chi connectivity index (χ2v) is 10.4. The van der Waals surface area contributed by atoms with Crippen molar-refractivity contribution >= 4 is 11.7 Å². The first-order valence-corrected chi connectivity index (χ1v) is 14.2. The van der Waals surface area contributed by atoms with Crippen molar-refractivity contribution in [2.24, 2.45) is 0 Å². The molecule has 1 atom stereocenters. The number of benzene rings is 2. The van der Waals surface area contributed by atoms with Crippen LogP contribution in [0.25, 0.3) is 5.95 Å². The Hall–Kier alpha value is -4.64. The predicted octanol–water partition coefficient (Wildman–Crippen LogP) is 2.88. The molecule has 0 aliphatic carbocycles. The van der Waals surface area contributed by atoms with Gasteiger partial charge < -0.3 is 24.4 Å². The number of anilines is 1. The minimum atomic E-state index is 0.00739. The number of hydrogen-bond donors (Lipinski definition) is 1. The van der Waals surface area contributed by atoms with E-state index in [9.17, 15) is 4.79 Å². The third kappa shape index (κ3) is 6.63. The van der Waals surface area contributed by atoms with E-state index in [0.29, 0.717) is 38.7 Å². The minimum Gasteiger partial charge on any atom is -0.497 e. The highest BCUT2D eigenvalue weighted by atomic mass is 16.6. The molecule has 0 bridgehead atoms. The molecular formula is C31H35N7O4. The van der Waals surface area contributed by atoms with Gasteiger partial charge in [-0.2, -0.15) is 4.98 Å². The van der Waals surface area contributed by atoms with Crippen molar-refractivity contribution in [2.75, 3.05) is 51.4 Å². The van der Waals surface area contributed by atoms with E-state index in [2.05, 4.69) is 37.2 Å². The summed E-state index contributed by atoms with van der Waals surface area (Å²) >= 11 is 0. The summed E-state index contributed by atoms with van der Waals surface area (Å²) in [5.41, 5.74) is 2.21. The van der Waals surface area contributed by atoms with Crippen molar-refractivity contribution in [1.82, 2.24) is 29.7 Å². The van der Waals surface area contributed by atoms with Crippen LogP contribution in [0, 0.1) is 0 Å². The van der Waals surface area contributed by atoms with Gasteiger partial charge in [-0.3, -0.25) is 14.3 Å². The second-order valence-electron chi connectivity index (χ2n) is 10.4. The highest BCUT2D eigenvalue weighted by Gasteiger charge is 2.29. The van der Waals surface area contributed by atoms with E-state index in [1.165, 1.54) is 5.56 Å². The number of nitrogens with one attached hydrogen (secondary N) is 1. The molecule has 1 unspecified atom stereocenters. The van der Waals surface area contributed by atoms with E-state index < -0.39 is 0 Å². The molecule has 1 amide bonds. The molecule has 1 fully saturated rings. The van der Waals surface area contributed by atoms with Gasteiger partial charge in [0.05, 0.1) is 7.11 Å². The van der Waals surface area contributed by atoms with Crippen LogP contribution < -0.4 is 24.4 Å². The molecule has 0 saturated carbocycles. The number of ether oxygens (including phenoxy) is 3. The normalized spacial score (nSPS) is 16.7. The number of nitrogens with zero attached hydrogens (tertiary/aromatic N) is 6. The lowest BCUT2D eigenvalue weighted by Gasteiger charge is -2.42. The number of aromatic nitrogens is 4. The number of imidazole rings is 1. The smallest absolute Gasteiger partial charge is 0.236 e. The molecule has 2 aliphatic heterocycles. The Labute approximate surface area is 245 Å². The van der Waals surface area contributed by atoms with Gasteiger partial charge in [-0.15, -0.1) is 0 Å². The number of rotatable bonds is 10. The molecule has 0 radical (unpaired) electrons. The summed E-state index contributed by atoms with van der Waals surface area (Å²) in [7, 11) is 1.67. The van der Waals surface area contributed by atoms with E-state index in [-0.39, 0.29) is 11.9 Å². The van der Waals surface area contributed by atoms with Crippen molar-refractivity contribution in [3.05, 3.63) is 84.6 Å². The zero-order valence-corrected chi connectivity index (χ0v) is 23.7. The summed E-state index contributed by atoms with van der Waals surface area (Å²) in [5, 5.41) is 3.11. The molecule has 1 saturated heterocycles. The van der Waals surface area contributed by atoms with Gasteiger partial charge in [-0.05, 0) is 47.9 Å². The third-order valence-electron chi connectivity index (χ3n) is 7.66. The van der Waals surface area contributed by atoms with Crippen molar-refractivity contribution in [3.63, 3.8) is 0 Å². The predicted molar refractivity (Wildman–Crippen MR) is 157 cm³/mol. The maximum absolute atomic E-state index is 13.3. The van der Waals surface area contributed by atoms with Crippen LogP contribution in [0.5, 0.6) is 17.2 Å². The Morgan fingerprint density at radius 3 is 2.67 bits per heavy atom. The number of carbonyl (C=O) groups excluding carboxylic acids is 1. The van der Waals surface area contributed by atoms with Crippen molar-refractivity contribution < 1.29 is 19.0 Å². The topological polar surface area (TPSA) is 107 Å². The molecule has 2 aromatic heterocycles. The van der Waals surface area contributed by atoms with Gasteiger partial charge in [0.15, 0.2) is 11.5 Å². The standard InChI is InChI=1S/C31H35N7O4/c1-40-26-5-2-23(3-6-26)9-12-36-14-15-37(29-8-10-33-31(35-29)38-13-11-32-22-38)21-25(36)19-30(39)34-20-24-4-7-27-28(18-24)42-17-16-41-27/h2-8,10-11,13,18,22,25H,9,12,14-17,19-21H2,1H3,(H,34,39). The van der Waals surface area contributed by atoms with E-state index in [0.717, 1.165) is 54.7 Å². The first kappa shape index (κ1) is 27.5. The summed E-state index contributed by atoms with van der Waals surface area (Å²) in [5.74, 6) is 3.73. The lowest BCUT2D eigenvalue weighted by molar-refractivity contribution is -0.122. The SMILES string of the molecule is COc1ccc(CCN2CCN(c3ccnc(-n4ccnc4)n3)CC2CC(=O)NCc2ccc3c(c2)OCCO3)cc1. The second kappa shape index (κ2) is 12.9. The van der Waals surface area contributed by atoms with Crippen molar-refractivity contribution in [2.45, 2.75) is 25.4 Å². The fourth-order valence-electron chi connectivity index (χ4n) is 5.36. The number of fused-ring (bicyclic) bond motifs is 1. The van der Waals surface area contributed by atoms with Gasteiger partial charge in [-0.1, -0.05) is 18.2 Å². The molecule has 4 heterocycles. The highest BCUT2D eigenvalue weighted by molar-refractivity contribution is 5.76. The Balaban J connectivity index is 1.13. The molecule has 42 heavy (non-hydrogen) atoms. The van der Waals surface area contributed by atoms with E-state index in [1.54, 1.807) is 30.4 Å². The molecule has 2 aromatic carbocycles. The summed E-state index contributed by atoms with van der Waals surface area (Å²) in [6, 6.07) is 15.9. The zero-order chi connectivity index (χ0) is 28.7. The monoisotopic (exact) mass is 569 g/mol. The summed E-state index contributed by atoms with van der Waals surface area (Å²) in [4.78, 5) is 31.2. The molecule has 1 N–H and O–H groups in total. The van der Waals surface area contributed by atoms with E-state index in [1.807, 2.05) is 42.6 Å². The van der Waals surface area contributed by atoms with Crippen LogP contribution in [0.15, 0.2) is 73.4 Å². The molecule has 11 nitrogen and oxygen atoms in total. The fraction of sp³-hybridized carbons (Fsp3) is 0.355. The van der Waals surface area contributed by atoms with Crippen LogP contribution in [-0.4, -0.2) is 82.9 Å². The van der Waals surface area contributed by atoms with Crippen LogP contribution in [0.3, 0.4) is 0 Å². The zero-order valence-electron chi connectivity index (χ0n) is 23.7. The van der Waals surface area contributed by atoms with Crippen LogP contribution in [-0.2, 0) is 17.8 Å². The molecular weight excluding hydrogens is 534 g/mol. The molecule has 0 spiro atoms. The lowest BCUT2D eigenvalue weighted by Crippen LogP contribution is -2.55. The fourth-order valence-corrected chi connectivity index (χ4v) is 5.36. The van der Waals surface area contributed by atoms with Gasteiger partial charge in [0.2, 0.25) is 11.9 Å². The van der Waals surface area contributed by atoms with Crippen molar-refractivity contribution in [1.29, 1.82) is 0 Å². The van der Waals surface area contributed by atoms with Crippen molar-refractivity contribution in [3.8, 4) is 23.2 Å². The Kier molecular flexibility index (Phi) is 8.46. The molecule has 2 aliphatic rings. The highest BCUT2D eigenvalue weighted by Crippen LogP contribution is 2.30. The maximum Gasteiger partial charge on any atom is 0.236 e. The van der Waals surface area contributed by atoms with Gasteiger partial charge >= 0.3 is 0 Å². The van der Waals surface area contributed by atoms with Gasteiger partial charge in [0.1, 0.15) is 31.1 Å². The molecule has 4 aromatic rings. The quantitative estimate of drug-likeness (QED) is 0.309. The minimum absolute atomic E-state index is 0.00739. The van der Waals surface area contributed by atoms with Crippen LogP contribution >= 0.6 is 0 Å². The number of hydrogen-bond acceptors (Lipinski definition) is 9. The van der Waals surface area contributed by atoms with Gasteiger partial charge in [-0.25, -0.2) is 9.97 Å². The number of carbonyl (C=O) groups is 1. The van der Waals surface area contributed by atoms with Crippen LogP contribution in [0.2, 0.25) is 0 Å². The average Bonchev–Trinajstić information content (AvgIpc) is 3.59. The van der Waals surface area contributed by atoms with E-state index in [4.69, 9.17) is 19.2 Å². The number of amides is 1. The lowest BCUT2D eigenvalue weighted by atomic mass is 10.1. The molecule has 218 valence electrons. The summed E-state index contributed by atoms with van der Waals surface area (Å²) in [6.07, 6.45) is 8.25. The Bertz CT molecular complexity index is 1480. The number of piperazine rings is 1. The summed E-state index contributed by atoms with van der Waals surface area (Å²) in [6.45, 7) is 4.67. The first-order valence-electron chi connectivity index (χ1n) is 14.2. The largest absolute Gasteiger partial charge is 0.497 e. The van der Waals surface area contributed by atoms with Crippen LogP contribution in [0.1, 0.15) is 17.5 Å². The number of methoxy groups -OCH3 is 1. The van der Waals surface area contributed by atoms with Crippen LogP contribution in [0.4, 0.5) is 5.82 Å². The third-order valence-corrected chi connectivity index (χ3v) is 7.66. The van der Waals surface area contributed by atoms with E-state index >= 15 is 0 Å². The van der Waals surface area contributed by atoms with Gasteiger partial charge in [0, 0.05) is 63.8 Å². The Morgan fingerprint density at radius 1 is 1.02 bits per heavy atom. The first-order chi connectivity index (χ1) is 20.6.